The van der Waals surface area contributed by atoms with Crippen LogP contribution in [0.3, 0.4) is 0 Å². The molecule has 1 aliphatic carbocycles. The van der Waals surface area contributed by atoms with Crippen molar-refractivity contribution in [3.63, 3.8) is 0 Å². The number of carbonyl (C=O) groups is 1. The van der Waals surface area contributed by atoms with E-state index in [2.05, 4.69) is 27.5 Å². The van der Waals surface area contributed by atoms with Gasteiger partial charge in [-0.1, -0.05) is 18.5 Å². The molecule has 2 N–H and O–H groups in total. The summed E-state index contributed by atoms with van der Waals surface area (Å²) in [5.41, 5.74) is 0.798. The lowest BCUT2D eigenvalue weighted by atomic mass is 9.87. The molecule has 10 nitrogen and oxygen atoms in total. The molecule has 7 rings (SSSR count). The maximum atomic E-state index is 15.0. The average Bonchev–Trinajstić information content (AvgIpc) is 3.83. The van der Waals surface area contributed by atoms with Crippen molar-refractivity contribution in [1.82, 2.24) is 19.4 Å². The van der Waals surface area contributed by atoms with Crippen LogP contribution in [0.5, 0.6) is 5.75 Å². The van der Waals surface area contributed by atoms with E-state index in [1.165, 1.54) is 15.7 Å². The first kappa shape index (κ1) is 30.8. The van der Waals surface area contributed by atoms with Crippen LogP contribution in [0.25, 0.3) is 10.9 Å². The molecule has 2 saturated heterocycles. The van der Waals surface area contributed by atoms with Crippen LogP contribution in [0.4, 0.5) is 40.7 Å². The number of piperidine rings is 1. The molecule has 3 aromatic rings. The van der Waals surface area contributed by atoms with Crippen LogP contribution in [-0.2, 0) is 11.8 Å². The number of hydrogen-bond donors (Lipinski definition) is 2. The molecule has 246 valence electrons. The van der Waals surface area contributed by atoms with Gasteiger partial charge in [0.1, 0.15) is 5.02 Å². The zero-order valence-corrected chi connectivity index (χ0v) is 26.1. The Balaban J connectivity index is 1.15. The minimum absolute atomic E-state index is 0.0508. The van der Waals surface area contributed by atoms with E-state index in [0.717, 1.165) is 6.42 Å². The summed E-state index contributed by atoms with van der Waals surface area (Å²) < 4.78 is 63.5. The minimum atomic E-state index is -3.15. The Bertz CT molecular complexity index is 1760. The molecule has 4 aliphatic rings. The highest BCUT2D eigenvalue weighted by atomic mass is 35.5. The summed E-state index contributed by atoms with van der Waals surface area (Å²) in [6.45, 7) is 1.24. The van der Waals surface area contributed by atoms with E-state index in [-0.39, 0.29) is 46.5 Å². The first-order valence-corrected chi connectivity index (χ1v) is 15.8. The van der Waals surface area contributed by atoms with Crippen LogP contribution in [0.1, 0.15) is 32.6 Å². The van der Waals surface area contributed by atoms with Crippen LogP contribution >= 0.6 is 11.6 Å². The maximum Gasteiger partial charge on any atom is 0.301 e. The van der Waals surface area contributed by atoms with Gasteiger partial charge in [0.2, 0.25) is 17.6 Å². The number of likely N-dealkylation sites (tertiary alicyclic amines) is 1. The first-order valence-electron chi connectivity index (χ1n) is 15.4. The summed E-state index contributed by atoms with van der Waals surface area (Å²) in [6, 6.07) is 4.03. The average molecular weight is 664 g/mol. The molecule has 15 heteroatoms. The van der Waals surface area contributed by atoms with E-state index in [1.54, 1.807) is 25.2 Å². The van der Waals surface area contributed by atoms with E-state index in [0.29, 0.717) is 54.3 Å². The quantitative estimate of drug-likeness (QED) is 0.344. The number of halogens is 5. The standard InChI is InChI=1S/C31H34ClF4N7O3/c1-16-7-17(8-23(44)43-13-30(33,34)14-43)12-42(11-16)29-37-10-21(32)27(40-29)38-19-5-6-22-20(9-19)24-25(28(45)41(22)2)46-15-31(35,36)26(39-24)18-3-4-18/h5-6,9-10,16-18,26,39H,3-4,7-8,11-15H2,1-2H3,(H,37,38,40)/t16-,17+,26+/m1/s1. The monoisotopic (exact) mass is 663 g/mol. The third kappa shape index (κ3) is 5.80. The summed E-state index contributed by atoms with van der Waals surface area (Å²) in [5.74, 6) is -5.72. The Hall–Kier alpha value is -3.81. The number of hydrogen-bond acceptors (Lipinski definition) is 8. The zero-order valence-electron chi connectivity index (χ0n) is 25.3. The van der Waals surface area contributed by atoms with E-state index in [4.69, 9.17) is 16.3 Å². The Morgan fingerprint density at radius 2 is 1.96 bits per heavy atom. The molecule has 0 radical (unpaired) electrons. The van der Waals surface area contributed by atoms with Crippen molar-refractivity contribution in [3.8, 4) is 5.75 Å². The molecule has 1 saturated carbocycles. The summed E-state index contributed by atoms with van der Waals surface area (Å²) in [6.07, 6.45) is 3.78. The number of amides is 1. The second-order valence-corrected chi connectivity index (χ2v) is 13.6. The van der Waals surface area contributed by atoms with E-state index in [1.807, 2.05) is 4.90 Å². The van der Waals surface area contributed by atoms with Crippen molar-refractivity contribution in [2.75, 3.05) is 48.3 Å². The van der Waals surface area contributed by atoms with Crippen molar-refractivity contribution in [2.24, 2.45) is 24.8 Å². The van der Waals surface area contributed by atoms with Gasteiger partial charge in [-0.25, -0.2) is 22.5 Å². The van der Waals surface area contributed by atoms with Gasteiger partial charge >= 0.3 is 5.92 Å². The molecule has 0 bridgehead atoms. The predicted molar refractivity (Wildman–Crippen MR) is 166 cm³/mol. The number of anilines is 4. The first-order chi connectivity index (χ1) is 21.8. The van der Waals surface area contributed by atoms with Crippen molar-refractivity contribution in [1.29, 1.82) is 0 Å². The lowest BCUT2D eigenvalue weighted by Crippen LogP contribution is -2.59. The summed E-state index contributed by atoms with van der Waals surface area (Å²) in [4.78, 5) is 38.0. The van der Waals surface area contributed by atoms with Crippen LogP contribution in [0.15, 0.2) is 29.2 Å². The molecule has 2 aromatic heterocycles. The molecule has 3 aliphatic heterocycles. The van der Waals surface area contributed by atoms with Gasteiger partial charge in [0.05, 0.1) is 36.5 Å². The number of carbonyl (C=O) groups excluding carboxylic acids is 1. The van der Waals surface area contributed by atoms with Gasteiger partial charge in [-0.3, -0.25) is 9.59 Å². The fourth-order valence-electron chi connectivity index (χ4n) is 6.88. The number of aryl methyl sites for hydroxylation is 1. The normalized spacial score (nSPS) is 25.2. The Kier molecular flexibility index (Phi) is 7.48. The minimum Gasteiger partial charge on any atom is -0.480 e. The molecule has 3 atom stereocenters. The second kappa shape index (κ2) is 11.2. The Morgan fingerprint density at radius 1 is 1.20 bits per heavy atom. The molecular weight excluding hydrogens is 630 g/mol. The fraction of sp³-hybridized carbons (Fsp3) is 0.548. The third-order valence-corrected chi connectivity index (χ3v) is 9.57. The highest BCUT2D eigenvalue weighted by molar-refractivity contribution is 6.33. The van der Waals surface area contributed by atoms with Crippen LogP contribution in [-0.4, -0.2) is 76.0 Å². The number of ether oxygens (including phenoxy) is 1. The van der Waals surface area contributed by atoms with Gasteiger partial charge in [0.15, 0.2) is 12.4 Å². The van der Waals surface area contributed by atoms with Gasteiger partial charge in [0, 0.05) is 37.6 Å². The molecule has 1 aromatic carbocycles. The molecule has 5 heterocycles. The van der Waals surface area contributed by atoms with Gasteiger partial charge in [0.25, 0.3) is 11.5 Å². The smallest absolute Gasteiger partial charge is 0.301 e. The molecular formula is C31H34ClF4N7O3. The number of nitrogens with zero attached hydrogens (tertiary/aromatic N) is 5. The zero-order chi connectivity index (χ0) is 32.5. The summed E-state index contributed by atoms with van der Waals surface area (Å²) in [5, 5.41) is 6.95. The molecule has 0 unspecified atom stereocenters. The highest BCUT2D eigenvalue weighted by Gasteiger charge is 2.51. The van der Waals surface area contributed by atoms with Gasteiger partial charge in [-0.2, -0.15) is 4.98 Å². The number of aromatic nitrogens is 3. The number of alkyl halides is 4. The third-order valence-electron chi connectivity index (χ3n) is 9.29. The molecule has 0 spiro atoms. The van der Waals surface area contributed by atoms with E-state index in [9.17, 15) is 18.4 Å². The van der Waals surface area contributed by atoms with E-state index >= 15 is 8.78 Å². The highest BCUT2D eigenvalue weighted by Crippen LogP contribution is 2.46. The summed E-state index contributed by atoms with van der Waals surface area (Å²) in [7, 11) is 1.57. The van der Waals surface area contributed by atoms with Gasteiger partial charge in [-0.05, 0) is 55.2 Å². The number of pyridine rings is 1. The number of rotatable bonds is 6. The van der Waals surface area contributed by atoms with Crippen molar-refractivity contribution < 1.29 is 27.1 Å². The number of nitrogens with one attached hydrogen (secondary N) is 2. The van der Waals surface area contributed by atoms with Crippen LogP contribution < -0.4 is 25.8 Å². The predicted octanol–water partition coefficient (Wildman–Crippen LogP) is 5.27. The second-order valence-electron chi connectivity index (χ2n) is 13.2. The topological polar surface area (TPSA) is 105 Å². The molecule has 3 fully saturated rings. The molecule has 46 heavy (non-hydrogen) atoms. The number of benzene rings is 1. The Labute approximate surface area is 267 Å². The Morgan fingerprint density at radius 3 is 2.67 bits per heavy atom. The lowest BCUT2D eigenvalue weighted by Gasteiger charge is -2.41. The van der Waals surface area contributed by atoms with Crippen molar-refractivity contribution in [2.45, 2.75) is 50.5 Å². The largest absolute Gasteiger partial charge is 0.480 e. The maximum absolute atomic E-state index is 15.0. The van der Waals surface area contributed by atoms with Crippen LogP contribution in [0.2, 0.25) is 5.02 Å². The van der Waals surface area contributed by atoms with E-state index < -0.39 is 43.1 Å². The summed E-state index contributed by atoms with van der Waals surface area (Å²) >= 11 is 6.51. The van der Waals surface area contributed by atoms with Crippen LogP contribution in [0, 0.1) is 17.8 Å². The van der Waals surface area contributed by atoms with Gasteiger partial charge < -0.3 is 29.7 Å². The lowest BCUT2D eigenvalue weighted by molar-refractivity contribution is -0.166. The van der Waals surface area contributed by atoms with Crippen molar-refractivity contribution in [3.05, 3.63) is 39.8 Å². The SMILES string of the molecule is C[C@@H]1C[C@@H](CC(=O)N2CC(F)(F)C2)CN(c2ncc(Cl)c(Nc3ccc4c(c3)c3c(c(=O)n4C)OCC(F)(F)[C@H](C4CC4)N3)n2)C1. The molecule has 1 amide bonds. The van der Waals surface area contributed by atoms with Crippen molar-refractivity contribution >= 4 is 51.6 Å². The van der Waals surface area contributed by atoms with Gasteiger partial charge in [-0.15, -0.1) is 0 Å². The number of fused-ring (bicyclic) bond motifs is 3. The fourth-order valence-corrected chi connectivity index (χ4v) is 7.02.